The minimum absolute atomic E-state index is 0.0204. The molecule has 0 aromatic carbocycles. The summed E-state index contributed by atoms with van der Waals surface area (Å²) in [6.07, 6.45) is 6.47. The molecular formula is C14H23N3OS. The first-order valence-electron chi connectivity index (χ1n) is 7.05. The molecule has 0 radical (unpaired) electrons. The van der Waals surface area contributed by atoms with Crippen LogP contribution < -0.4 is 5.32 Å². The molecule has 1 aromatic rings. The number of nitrogens with zero attached hydrogens (tertiary/aromatic N) is 2. The number of aryl methyl sites for hydroxylation is 1. The van der Waals surface area contributed by atoms with Gasteiger partial charge in [-0.05, 0) is 25.2 Å². The molecule has 1 aliphatic rings. The first-order valence-corrected chi connectivity index (χ1v) is 7.87. The molecule has 0 aliphatic heterocycles. The fraction of sp³-hybridized carbons (Fsp3) is 0.714. The Bertz CT molecular complexity index is 432. The predicted molar refractivity (Wildman–Crippen MR) is 78.3 cm³/mol. The fourth-order valence-corrected chi connectivity index (χ4v) is 3.40. The lowest BCUT2D eigenvalue weighted by Gasteiger charge is -2.22. The molecule has 1 N–H and O–H groups in total. The Labute approximate surface area is 119 Å². The molecule has 0 spiro atoms. The van der Waals surface area contributed by atoms with Crippen LogP contribution in [0.15, 0.2) is 6.20 Å². The minimum atomic E-state index is 0.0204. The van der Waals surface area contributed by atoms with Gasteiger partial charge in [0.25, 0.3) is 0 Å². The van der Waals surface area contributed by atoms with E-state index in [0.29, 0.717) is 18.5 Å². The van der Waals surface area contributed by atoms with Gasteiger partial charge in [-0.2, -0.15) is 0 Å². The van der Waals surface area contributed by atoms with Gasteiger partial charge in [-0.1, -0.05) is 20.3 Å². The molecule has 19 heavy (non-hydrogen) atoms. The highest BCUT2D eigenvalue weighted by Crippen LogP contribution is 2.25. The maximum atomic E-state index is 12.1. The van der Waals surface area contributed by atoms with E-state index in [0.717, 1.165) is 17.8 Å². The maximum Gasteiger partial charge on any atom is 0.317 e. The van der Waals surface area contributed by atoms with E-state index < -0.39 is 0 Å². The van der Waals surface area contributed by atoms with E-state index in [-0.39, 0.29) is 6.03 Å². The summed E-state index contributed by atoms with van der Waals surface area (Å²) in [7, 11) is 1.84. The standard InChI is InChI=1S/C14H23N3OS/c1-4-11-8-15-13(19-11)9-17(3)14(18)16-12-7-5-6-10(12)2/h8,10,12H,4-7,9H2,1-3H3,(H,16,18). The van der Waals surface area contributed by atoms with E-state index in [4.69, 9.17) is 0 Å². The van der Waals surface area contributed by atoms with Gasteiger partial charge in [0.05, 0.1) is 6.54 Å². The molecule has 1 fully saturated rings. The van der Waals surface area contributed by atoms with Crippen LogP contribution in [0.1, 0.15) is 43.0 Å². The van der Waals surface area contributed by atoms with Crippen LogP contribution in [0.2, 0.25) is 0 Å². The zero-order chi connectivity index (χ0) is 13.8. The van der Waals surface area contributed by atoms with Gasteiger partial charge in [0.2, 0.25) is 0 Å². The number of nitrogens with one attached hydrogen (secondary N) is 1. The van der Waals surface area contributed by atoms with Crippen LogP contribution >= 0.6 is 11.3 Å². The summed E-state index contributed by atoms with van der Waals surface area (Å²) in [4.78, 5) is 19.5. The second-order valence-electron chi connectivity index (χ2n) is 5.39. The molecule has 2 atom stereocenters. The summed E-state index contributed by atoms with van der Waals surface area (Å²) in [5.74, 6) is 0.601. The van der Waals surface area contributed by atoms with Crippen molar-refractivity contribution in [2.75, 3.05) is 7.05 Å². The fourth-order valence-electron chi connectivity index (χ4n) is 2.49. The monoisotopic (exact) mass is 281 g/mol. The Hall–Kier alpha value is -1.10. The van der Waals surface area contributed by atoms with Crippen molar-refractivity contribution in [3.05, 3.63) is 16.1 Å². The summed E-state index contributed by atoms with van der Waals surface area (Å²) in [6.45, 7) is 4.93. The minimum Gasteiger partial charge on any atom is -0.335 e. The van der Waals surface area contributed by atoms with Crippen molar-refractivity contribution in [3.63, 3.8) is 0 Å². The van der Waals surface area contributed by atoms with E-state index in [1.807, 2.05) is 13.2 Å². The Kier molecular flexibility index (Phi) is 4.80. The van der Waals surface area contributed by atoms with Crippen LogP contribution in [-0.4, -0.2) is 29.0 Å². The number of carbonyl (C=O) groups excluding carboxylic acids is 1. The molecule has 4 nitrogen and oxygen atoms in total. The Morgan fingerprint density at radius 1 is 1.58 bits per heavy atom. The molecule has 106 valence electrons. The van der Waals surface area contributed by atoms with Gasteiger partial charge in [-0.15, -0.1) is 11.3 Å². The van der Waals surface area contributed by atoms with Gasteiger partial charge >= 0.3 is 6.03 Å². The third-order valence-electron chi connectivity index (χ3n) is 3.84. The zero-order valence-electron chi connectivity index (χ0n) is 12.0. The second-order valence-corrected chi connectivity index (χ2v) is 6.59. The molecule has 2 rings (SSSR count). The molecule has 0 saturated heterocycles. The summed E-state index contributed by atoms with van der Waals surface area (Å²) in [5, 5.41) is 4.14. The summed E-state index contributed by atoms with van der Waals surface area (Å²) in [5.41, 5.74) is 0. The number of hydrogen-bond donors (Lipinski definition) is 1. The van der Waals surface area contributed by atoms with Gasteiger partial charge < -0.3 is 10.2 Å². The first-order chi connectivity index (χ1) is 9.10. The average molecular weight is 281 g/mol. The number of thiazole rings is 1. The number of carbonyl (C=O) groups is 1. The van der Waals surface area contributed by atoms with Crippen LogP contribution in [0.4, 0.5) is 4.79 Å². The van der Waals surface area contributed by atoms with Gasteiger partial charge in [0.15, 0.2) is 0 Å². The van der Waals surface area contributed by atoms with Crippen molar-refractivity contribution >= 4 is 17.4 Å². The van der Waals surface area contributed by atoms with Crippen molar-refractivity contribution in [1.29, 1.82) is 0 Å². The highest BCUT2D eigenvalue weighted by molar-refractivity contribution is 7.11. The van der Waals surface area contributed by atoms with Gasteiger partial charge in [0, 0.05) is 24.2 Å². The van der Waals surface area contributed by atoms with Crippen LogP contribution in [0.25, 0.3) is 0 Å². The molecular weight excluding hydrogens is 258 g/mol. The molecule has 1 aliphatic carbocycles. The number of rotatable bonds is 4. The van der Waals surface area contributed by atoms with Crippen molar-refractivity contribution in [1.82, 2.24) is 15.2 Å². The topological polar surface area (TPSA) is 45.2 Å². The molecule has 0 bridgehead atoms. The number of hydrogen-bond acceptors (Lipinski definition) is 3. The third kappa shape index (κ3) is 3.69. The molecule has 1 saturated carbocycles. The van der Waals surface area contributed by atoms with Crippen molar-refractivity contribution < 1.29 is 4.79 Å². The first kappa shape index (κ1) is 14.3. The van der Waals surface area contributed by atoms with E-state index in [1.54, 1.807) is 16.2 Å². The van der Waals surface area contributed by atoms with Crippen LogP contribution in [-0.2, 0) is 13.0 Å². The van der Waals surface area contributed by atoms with Crippen molar-refractivity contribution in [2.24, 2.45) is 5.92 Å². The van der Waals surface area contributed by atoms with Gasteiger partial charge in [0.1, 0.15) is 5.01 Å². The Morgan fingerprint density at radius 3 is 2.95 bits per heavy atom. The van der Waals surface area contributed by atoms with E-state index in [9.17, 15) is 4.79 Å². The quantitative estimate of drug-likeness (QED) is 0.922. The molecule has 2 unspecified atom stereocenters. The molecule has 5 heteroatoms. The SMILES string of the molecule is CCc1cnc(CN(C)C(=O)NC2CCCC2C)s1. The highest BCUT2D eigenvalue weighted by atomic mass is 32.1. The predicted octanol–water partition coefficient (Wildman–Crippen LogP) is 3.04. The number of urea groups is 1. The molecule has 1 aromatic heterocycles. The van der Waals surface area contributed by atoms with Crippen LogP contribution in [0.3, 0.4) is 0 Å². The van der Waals surface area contributed by atoms with Gasteiger partial charge in [-0.25, -0.2) is 9.78 Å². The number of aromatic nitrogens is 1. The third-order valence-corrected chi connectivity index (χ3v) is 4.97. The lowest BCUT2D eigenvalue weighted by Crippen LogP contribution is -2.43. The largest absolute Gasteiger partial charge is 0.335 e. The normalized spacial score (nSPS) is 22.5. The second kappa shape index (κ2) is 6.37. The Morgan fingerprint density at radius 2 is 2.37 bits per heavy atom. The van der Waals surface area contributed by atoms with E-state index in [2.05, 4.69) is 24.1 Å². The lowest BCUT2D eigenvalue weighted by atomic mass is 10.1. The van der Waals surface area contributed by atoms with Crippen LogP contribution in [0, 0.1) is 5.92 Å². The number of amides is 2. The summed E-state index contributed by atoms with van der Waals surface area (Å²) >= 11 is 1.69. The van der Waals surface area contributed by atoms with Crippen molar-refractivity contribution in [2.45, 2.75) is 52.1 Å². The highest BCUT2D eigenvalue weighted by Gasteiger charge is 2.25. The summed E-state index contributed by atoms with van der Waals surface area (Å²) < 4.78 is 0. The average Bonchev–Trinajstić information content (AvgIpc) is 2.99. The van der Waals surface area contributed by atoms with E-state index >= 15 is 0 Å². The van der Waals surface area contributed by atoms with E-state index in [1.165, 1.54) is 17.7 Å². The Balaban J connectivity index is 1.84. The smallest absolute Gasteiger partial charge is 0.317 e. The van der Waals surface area contributed by atoms with Crippen LogP contribution in [0.5, 0.6) is 0 Å². The van der Waals surface area contributed by atoms with Crippen molar-refractivity contribution in [3.8, 4) is 0 Å². The lowest BCUT2D eigenvalue weighted by molar-refractivity contribution is 0.200. The molecule has 2 amide bonds. The maximum absolute atomic E-state index is 12.1. The van der Waals surface area contributed by atoms with Gasteiger partial charge in [-0.3, -0.25) is 0 Å². The molecule has 1 heterocycles. The summed E-state index contributed by atoms with van der Waals surface area (Å²) in [6, 6.07) is 0.365. The zero-order valence-corrected chi connectivity index (χ0v) is 12.8.